The maximum absolute atomic E-state index is 12.0. The van der Waals surface area contributed by atoms with E-state index in [1.807, 2.05) is 21.1 Å². The number of quaternary nitrogens is 1. The van der Waals surface area contributed by atoms with Crippen molar-refractivity contribution in [1.82, 2.24) is 0 Å². The molecule has 9 heteroatoms. The fraction of sp³-hybridized carbons (Fsp3) is 1.00. The van der Waals surface area contributed by atoms with Gasteiger partial charge < -0.3 is 27.1 Å². The van der Waals surface area contributed by atoms with Crippen LogP contribution in [0.25, 0.3) is 0 Å². The highest BCUT2D eigenvalue weighted by molar-refractivity contribution is 7.48. The Hall–Kier alpha value is 0.280. The normalized spacial score (nSPS) is 21.7. The summed E-state index contributed by atoms with van der Waals surface area (Å²) in [6.45, 7) is 0.266. The SMILES string of the molecule is C[N+](C)(C)CCOP1(=O)OCC(CO)(CO)CO1.[Cl-]. The average Bonchev–Trinajstić information content (AvgIpc) is 2.29. The van der Waals surface area contributed by atoms with E-state index in [9.17, 15) is 4.57 Å². The predicted octanol–water partition coefficient (Wildman–Crippen LogP) is -3.16. The van der Waals surface area contributed by atoms with Gasteiger partial charge in [0, 0.05) is 0 Å². The van der Waals surface area contributed by atoms with Gasteiger partial charge in [0.2, 0.25) is 0 Å². The van der Waals surface area contributed by atoms with Gasteiger partial charge in [0.05, 0.1) is 53.0 Å². The molecule has 0 radical (unpaired) electrons. The van der Waals surface area contributed by atoms with Gasteiger partial charge in [0.15, 0.2) is 0 Å². The van der Waals surface area contributed by atoms with Crippen LogP contribution < -0.4 is 12.4 Å². The summed E-state index contributed by atoms with van der Waals surface area (Å²) < 4.78 is 28.0. The van der Waals surface area contributed by atoms with Crippen LogP contribution in [0.2, 0.25) is 0 Å². The third kappa shape index (κ3) is 6.06. The first kappa shape index (κ1) is 19.3. The molecule has 1 saturated heterocycles. The first-order valence-corrected chi connectivity index (χ1v) is 7.26. The molecule has 1 aliphatic rings. The summed E-state index contributed by atoms with van der Waals surface area (Å²) in [5.41, 5.74) is -0.892. The molecule has 7 nitrogen and oxygen atoms in total. The van der Waals surface area contributed by atoms with Crippen LogP contribution in [0, 0.1) is 5.41 Å². The minimum atomic E-state index is -3.54. The number of likely N-dealkylation sites (N-methyl/N-ethyl adjacent to an activating group) is 1. The lowest BCUT2D eigenvalue weighted by Crippen LogP contribution is -3.00. The number of nitrogens with zero attached hydrogens (tertiary/aromatic N) is 1. The largest absolute Gasteiger partial charge is 1.00 e. The summed E-state index contributed by atoms with van der Waals surface area (Å²) in [6.07, 6.45) is 0. The van der Waals surface area contributed by atoms with Crippen molar-refractivity contribution in [3.05, 3.63) is 0 Å². The summed E-state index contributed by atoms with van der Waals surface area (Å²) >= 11 is 0. The first-order valence-electron chi connectivity index (χ1n) is 5.80. The number of rotatable bonds is 6. The van der Waals surface area contributed by atoms with Gasteiger partial charge >= 0.3 is 7.82 Å². The van der Waals surface area contributed by atoms with Gasteiger partial charge in [0.1, 0.15) is 13.2 Å². The van der Waals surface area contributed by atoms with Crippen LogP contribution in [-0.4, -0.2) is 75.4 Å². The Morgan fingerprint density at radius 1 is 1.21 bits per heavy atom. The summed E-state index contributed by atoms with van der Waals surface area (Å²) in [5, 5.41) is 18.3. The second-order valence-electron chi connectivity index (χ2n) is 5.66. The fourth-order valence-electron chi connectivity index (χ4n) is 1.24. The quantitative estimate of drug-likeness (QED) is 0.397. The van der Waals surface area contributed by atoms with Gasteiger partial charge in [0.25, 0.3) is 0 Å². The van der Waals surface area contributed by atoms with E-state index in [-0.39, 0.29) is 45.4 Å². The summed E-state index contributed by atoms with van der Waals surface area (Å²) in [6, 6.07) is 0. The zero-order chi connectivity index (χ0) is 13.9. The molecule has 0 saturated carbocycles. The topological polar surface area (TPSA) is 85.2 Å². The Balaban J connectivity index is 0.00000324. The monoisotopic (exact) mass is 319 g/mol. The lowest BCUT2D eigenvalue weighted by atomic mass is 9.93. The fourth-order valence-corrected chi connectivity index (χ4v) is 2.64. The smallest absolute Gasteiger partial charge is 0.475 e. The Morgan fingerprint density at radius 2 is 1.68 bits per heavy atom. The maximum Gasteiger partial charge on any atom is 0.475 e. The van der Waals surface area contributed by atoms with E-state index < -0.39 is 13.2 Å². The van der Waals surface area contributed by atoms with Crippen LogP contribution in [-0.2, 0) is 18.1 Å². The molecular weight excluding hydrogens is 297 g/mol. The van der Waals surface area contributed by atoms with Crippen LogP contribution in [0.3, 0.4) is 0 Å². The standard InChI is InChI=1S/C10H23NO6P.ClH/c1-11(2,3)4-5-15-18(14)16-8-10(6-12,7-13)9-17-18;/h12-13H,4-9H2,1-3H3;1H/q+1;/p-1. The molecule has 0 unspecified atom stereocenters. The molecule has 1 heterocycles. The molecule has 0 spiro atoms. The lowest BCUT2D eigenvalue weighted by molar-refractivity contribution is -0.870. The minimum absolute atomic E-state index is 0. The van der Waals surface area contributed by atoms with E-state index in [1.165, 1.54) is 0 Å². The number of phosphoric acid groups is 1. The Kier molecular flexibility index (Phi) is 7.44. The average molecular weight is 320 g/mol. The van der Waals surface area contributed by atoms with Crippen molar-refractivity contribution in [3.8, 4) is 0 Å². The van der Waals surface area contributed by atoms with Crippen molar-refractivity contribution in [2.24, 2.45) is 5.41 Å². The van der Waals surface area contributed by atoms with Crippen molar-refractivity contribution in [2.75, 3.05) is 60.7 Å². The molecule has 1 aliphatic heterocycles. The van der Waals surface area contributed by atoms with Crippen molar-refractivity contribution < 1.29 is 45.2 Å². The molecule has 0 amide bonds. The predicted molar refractivity (Wildman–Crippen MR) is 65.0 cm³/mol. The molecule has 0 bridgehead atoms. The van der Waals surface area contributed by atoms with E-state index >= 15 is 0 Å². The lowest BCUT2D eigenvalue weighted by Gasteiger charge is -2.36. The third-order valence-electron chi connectivity index (χ3n) is 2.74. The highest BCUT2D eigenvalue weighted by Crippen LogP contribution is 2.54. The van der Waals surface area contributed by atoms with Crippen LogP contribution >= 0.6 is 7.82 Å². The second kappa shape index (κ2) is 7.33. The summed E-state index contributed by atoms with van der Waals surface area (Å²) in [5.74, 6) is 0. The number of aliphatic hydroxyl groups excluding tert-OH is 2. The maximum atomic E-state index is 12.0. The van der Waals surface area contributed by atoms with E-state index in [4.69, 9.17) is 23.8 Å². The van der Waals surface area contributed by atoms with Gasteiger partial charge in [-0.05, 0) is 0 Å². The number of phosphoric ester groups is 1. The molecule has 0 atom stereocenters. The Labute approximate surface area is 120 Å². The highest BCUT2D eigenvalue weighted by Gasteiger charge is 2.43. The zero-order valence-electron chi connectivity index (χ0n) is 11.5. The number of hydrogen-bond acceptors (Lipinski definition) is 6. The summed E-state index contributed by atoms with van der Waals surface area (Å²) in [4.78, 5) is 0. The number of aliphatic hydroxyl groups is 2. The first-order chi connectivity index (χ1) is 8.24. The molecule has 2 N–H and O–H groups in total. The molecule has 1 rings (SSSR count). The van der Waals surface area contributed by atoms with Crippen LogP contribution in [0.15, 0.2) is 0 Å². The molecule has 0 aromatic carbocycles. The van der Waals surface area contributed by atoms with E-state index in [0.717, 1.165) is 0 Å². The van der Waals surface area contributed by atoms with Crippen LogP contribution in [0.1, 0.15) is 0 Å². The number of halogens is 1. The zero-order valence-corrected chi connectivity index (χ0v) is 13.2. The van der Waals surface area contributed by atoms with Crippen molar-refractivity contribution >= 4 is 7.82 Å². The molecule has 19 heavy (non-hydrogen) atoms. The van der Waals surface area contributed by atoms with Crippen LogP contribution in [0.5, 0.6) is 0 Å². The Bertz CT molecular complexity index is 304. The molecule has 116 valence electrons. The summed E-state index contributed by atoms with van der Waals surface area (Å²) in [7, 11) is 2.43. The highest BCUT2D eigenvalue weighted by atomic mass is 35.5. The van der Waals surface area contributed by atoms with Crippen molar-refractivity contribution in [2.45, 2.75) is 0 Å². The molecular formula is C10H23ClNO6P. The third-order valence-corrected chi connectivity index (χ3v) is 4.13. The van der Waals surface area contributed by atoms with Crippen molar-refractivity contribution in [1.29, 1.82) is 0 Å². The van der Waals surface area contributed by atoms with Gasteiger partial charge in [-0.2, -0.15) is 0 Å². The minimum Gasteiger partial charge on any atom is -1.00 e. The molecule has 0 aromatic heterocycles. The molecule has 0 aromatic rings. The second-order valence-corrected chi connectivity index (χ2v) is 7.33. The van der Waals surface area contributed by atoms with E-state index in [1.54, 1.807) is 0 Å². The van der Waals surface area contributed by atoms with E-state index in [2.05, 4.69) is 0 Å². The van der Waals surface area contributed by atoms with E-state index in [0.29, 0.717) is 11.0 Å². The van der Waals surface area contributed by atoms with Gasteiger partial charge in [-0.15, -0.1) is 0 Å². The van der Waals surface area contributed by atoms with Gasteiger partial charge in [-0.1, -0.05) is 0 Å². The van der Waals surface area contributed by atoms with Crippen LogP contribution in [0.4, 0.5) is 0 Å². The van der Waals surface area contributed by atoms with Gasteiger partial charge in [-0.25, -0.2) is 4.57 Å². The molecule has 0 aliphatic carbocycles. The van der Waals surface area contributed by atoms with Crippen molar-refractivity contribution in [3.63, 3.8) is 0 Å². The van der Waals surface area contributed by atoms with Gasteiger partial charge in [-0.3, -0.25) is 13.6 Å². The number of hydrogen-bond donors (Lipinski definition) is 2. The Morgan fingerprint density at radius 3 is 2.05 bits per heavy atom. The molecule has 1 fully saturated rings.